The van der Waals surface area contributed by atoms with Crippen molar-refractivity contribution in [3.63, 3.8) is 0 Å². The normalized spacial score (nSPS) is 12.4. The highest BCUT2D eigenvalue weighted by Gasteiger charge is 2.35. The summed E-state index contributed by atoms with van der Waals surface area (Å²) in [5, 5.41) is 0. The summed E-state index contributed by atoms with van der Waals surface area (Å²) in [4.78, 5) is 10.5. The van der Waals surface area contributed by atoms with Crippen LogP contribution in [0.4, 0.5) is 8.78 Å². The second-order valence-corrected chi connectivity index (χ2v) is 6.44. The molecule has 0 aliphatic heterocycles. The average Bonchev–Trinajstić information content (AvgIpc) is 2.25. The van der Waals surface area contributed by atoms with E-state index in [2.05, 4.69) is 12.6 Å². The number of aldehydes is 1. The Morgan fingerprint density at radius 2 is 1.68 bits per heavy atom. The van der Waals surface area contributed by atoms with E-state index in [1.54, 1.807) is 13.8 Å². The second kappa shape index (κ2) is 5.63. The molecule has 0 aromatic heterocycles. The Morgan fingerprint density at radius 1 is 1.21 bits per heavy atom. The largest absolute Gasteiger partial charge is 0.428 e. The predicted molar refractivity (Wildman–Crippen MR) is 75.4 cm³/mol. The first-order chi connectivity index (χ1) is 8.58. The van der Waals surface area contributed by atoms with Gasteiger partial charge in [-0.3, -0.25) is 4.79 Å². The van der Waals surface area contributed by atoms with Gasteiger partial charge in [0.15, 0.2) is 0 Å². The van der Waals surface area contributed by atoms with Gasteiger partial charge in [0.1, 0.15) is 17.9 Å². The quantitative estimate of drug-likeness (QED) is 0.511. The number of benzene rings is 1. The van der Waals surface area contributed by atoms with Gasteiger partial charge in [-0.05, 0) is 39.8 Å². The molecule has 0 bridgehead atoms. The first-order valence-electron chi connectivity index (χ1n) is 5.76. The second-order valence-electron chi connectivity index (χ2n) is 5.32. The minimum atomic E-state index is -0.838. The fraction of sp³-hybridized carbons (Fsp3) is 0.462. The molecule has 2 nitrogen and oxygen atoms in total. The van der Waals surface area contributed by atoms with Crippen molar-refractivity contribution < 1.29 is 18.2 Å². The van der Waals surface area contributed by atoms with Gasteiger partial charge >= 0.3 is 7.48 Å². The maximum atomic E-state index is 13.6. The average molecular weight is 285 g/mol. The van der Waals surface area contributed by atoms with E-state index in [0.717, 1.165) is 19.6 Å². The van der Waals surface area contributed by atoms with E-state index in [1.807, 2.05) is 13.8 Å². The summed E-state index contributed by atoms with van der Waals surface area (Å²) in [5.74, 6) is -1.68. The van der Waals surface area contributed by atoms with Crippen molar-refractivity contribution in [2.45, 2.75) is 38.0 Å². The molecular weight excluding hydrogens is 269 g/mol. The topological polar surface area (TPSA) is 26.3 Å². The molecule has 1 aromatic carbocycles. The van der Waals surface area contributed by atoms with Crippen molar-refractivity contribution in [3.05, 3.63) is 29.3 Å². The summed E-state index contributed by atoms with van der Waals surface area (Å²) >= 11 is 4.39. The van der Waals surface area contributed by atoms with E-state index in [4.69, 9.17) is 4.65 Å². The molecular formula is C13H16BF2O2S. The third-order valence-corrected chi connectivity index (χ3v) is 3.72. The fourth-order valence-corrected chi connectivity index (χ4v) is 1.19. The molecule has 0 aliphatic carbocycles. The molecule has 0 spiro atoms. The molecule has 1 aromatic rings. The van der Waals surface area contributed by atoms with Crippen LogP contribution in [0.1, 0.15) is 38.1 Å². The van der Waals surface area contributed by atoms with Gasteiger partial charge in [0.25, 0.3) is 0 Å². The van der Waals surface area contributed by atoms with Crippen LogP contribution in [-0.4, -0.2) is 24.1 Å². The Kier molecular flexibility index (Phi) is 4.79. The number of thiol groups is 1. The van der Waals surface area contributed by atoms with Crippen molar-refractivity contribution in [1.82, 2.24) is 0 Å². The summed E-state index contributed by atoms with van der Waals surface area (Å²) in [6, 6.07) is 1.92. The third-order valence-electron chi connectivity index (χ3n) is 3.18. The number of rotatable bonds is 5. The summed E-state index contributed by atoms with van der Waals surface area (Å²) in [5.41, 5.74) is -1.09. The molecule has 0 N–H and O–H groups in total. The van der Waals surface area contributed by atoms with Gasteiger partial charge in [-0.25, -0.2) is 8.78 Å². The maximum absolute atomic E-state index is 13.6. The molecule has 0 unspecified atom stereocenters. The SMILES string of the molecule is CC(C)(S)C(C)(C)O[B]c1c(F)cc(C=O)cc1F. The maximum Gasteiger partial charge on any atom is 0.336 e. The number of carbonyl (C=O) groups is 1. The summed E-state index contributed by atoms with van der Waals surface area (Å²) in [7, 11) is 1.03. The molecule has 0 heterocycles. The first kappa shape index (κ1) is 16.2. The van der Waals surface area contributed by atoms with Crippen LogP contribution in [0.2, 0.25) is 0 Å². The van der Waals surface area contributed by atoms with Gasteiger partial charge in [0.2, 0.25) is 0 Å². The summed E-state index contributed by atoms with van der Waals surface area (Å²) < 4.78 is 32.2. The van der Waals surface area contributed by atoms with Crippen LogP contribution < -0.4 is 5.46 Å². The van der Waals surface area contributed by atoms with Crippen LogP contribution in [0.5, 0.6) is 0 Å². The first-order valence-corrected chi connectivity index (χ1v) is 6.21. The molecule has 103 valence electrons. The smallest absolute Gasteiger partial charge is 0.336 e. The lowest BCUT2D eigenvalue weighted by Gasteiger charge is -2.38. The standard InChI is InChI=1S/C13H16BF2O2S/c1-12(2,13(3,4)19)18-14-11-9(15)5-8(7-17)6-10(11)16/h5-7,19H,1-4H3. The van der Waals surface area contributed by atoms with E-state index in [-0.39, 0.29) is 11.0 Å². The minimum absolute atomic E-state index is 0.0547. The molecule has 6 heteroatoms. The van der Waals surface area contributed by atoms with Crippen LogP contribution in [-0.2, 0) is 4.65 Å². The Labute approximate surface area is 118 Å². The van der Waals surface area contributed by atoms with Crippen LogP contribution in [0.15, 0.2) is 12.1 Å². The lowest BCUT2D eigenvalue weighted by molar-refractivity contribution is 0.0851. The highest BCUT2D eigenvalue weighted by atomic mass is 32.1. The van der Waals surface area contributed by atoms with Gasteiger partial charge in [-0.2, -0.15) is 12.6 Å². The summed E-state index contributed by atoms with van der Waals surface area (Å²) in [6.07, 6.45) is 0.386. The number of hydrogen-bond donors (Lipinski definition) is 1. The summed E-state index contributed by atoms with van der Waals surface area (Å²) in [6.45, 7) is 7.22. The molecule has 0 amide bonds. The highest BCUT2D eigenvalue weighted by Crippen LogP contribution is 2.30. The van der Waals surface area contributed by atoms with Crippen molar-refractivity contribution in [2.75, 3.05) is 0 Å². The van der Waals surface area contributed by atoms with Gasteiger partial charge in [-0.15, -0.1) is 0 Å². The molecule has 0 saturated carbocycles. The third kappa shape index (κ3) is 3.80. The lowest BCUT2D eigenvalue weighted by Crippen LogP contribution is -2.46. The number of carbonyl (C=O) groups excluding carboxylic acids is 1. The van der Waals surface area contributed by atoms with Crippen molar-refractivity contribution in [3.8, 4) is 0 Å². The van der Waals surface area contributed by atoms with Gasteiger partial charge in [0, 0.05) is 15.8 Å². The molecule has 0 aliphatic rings. The monoisotopic (exact) mass is 285 g/mol. The van der Waals surface area contributed by atoms with Gasteiger partial charge in [0.05, 0.1) is 5.60 Å². The van der Waals surface area contributed by atoms with Gasteiger partial charge in [-0.1, -0.05) is 0 Å². The zero-order chi connectivity index (χ0) is 14.8. The Balaban J connectivity index is 2.93. The number of hydrogen-bond acceptors (Lipinski definition) is 3. The van der Waals surface area contributed by atoms with Gasteiger partial charge < -0.3 is 4.65 Å². The van der Waals surface area contributed by atoms with Crippen molar-refractivity contribution in [2.24, 2.45) is 0 Å². The van der Waals surface area contributed by atoms with Crippen molar-refractivity contribution >= 4 is 31.9 Å². The highest BCUT2D eigenvalue weighted by molar-refractivity contribution is 7.81. The van der Waals surface area contributed by atoms with E-state index >= 15 is 0 Å². The molecule has 0 saturated heterocycles. The Morgan fingerprint density at radius 3 is 2.05 bits per heavy atom. The molecule has 1 radical (unpaired) electrons. The van der Waals surface area contributed by atoms with Crippen molar-refractivity contribution in [1.29, 1.82) is 0 Å². The fourth-order valence-electron chi connectivity index (χ4n) is 1.13. The molecule has 0 atom stereocenters. The molecule has 19 heavy (non-hydrogen) atoms. The zero-order valence-electron chi connectivity index (χ0n) is 11.3. The van der Waals surface area contributed by atoms with E-state index in [0.29, 0.717) is 6.29 Å². The van der Waals surface area contributed by atoms with Crippen LogP contribution in [0.3, 0.4) is 0 Å². The van der Waals surface area contributed by atoms with Crippen LogP contribution >= 0.6 is 12.6 Å². The van der Waals surface area contributed by atoms with E-state index < -0.39 is 22.0 Å². The van der Waals surface area contributed by atoms with E-state index in [1.165, 1.54) is 0 Å². The Hall–Kier alpha value is -0.875. The van der Waals surface area contributed by atoms with Crippen LogP contribution in [0, 0.1) is 11.6 Å². The lowest BCUT2D eigenvalue weighted by atomic mass is 9.83. The number of halogens is 2. The molecule has 1 rings (SSSR count). The van der Waals surface area contributed by atoms with Crippen LogP contribution in [0.25, 0.3) is 0 Å². The minimum Gasteiger partial charge on any atom is -0.428 e. The Bertz CT molecular complexity index is 461. The predicted octanol–water partition coefficient (Wildman–Crippen LogP) is 2.53. The van der Waals surface area contributed by atoms with E-state index in [9.17, 15) is 13.6 Å². The zero-order valence-corrected chi connectivity index (χ0v) is 12.2. The molecule has 0 fully saturated rings.